The minimum atomic E-state index is -0.195. The van der Waals surface area contributed by atoms with Gasteiger partial charge >= 0.3 is 5.69 Å². The largest absolute Gasteiger partial charge is 0.348 e. The number of benzene rings is 2. The number of aryl methyl sites for hydroxylation is 1. The molecule has 0 spiro atoms. The number of hydrogen-bond donors (Lipinski definition) is 2. The lowest BCUT2D eigenvalue weighted by molar-refractivity contribution is 0.0948. The van der Waals surface area contributed by atoms with Crippen molar-refractivity contribution >= 4 is 17.1 Å². The molecule has 6 rings (SSSR count). The van der Waals surface area contributed by atoms with E-state index in [9.17, 15) is 9.59 Å². The van der Waals surface area contributed by atoms with Crippen LogP contribution in [0.4, 0.5) is 0 Å². The highest BCUT2D eigenvalue weighted by Crippen LogP contribution is 2.56. The quantitative estimate of drug-likeness (QED) is 0.559. The average Bonchev–Trinajstić information content (AvgIpc) is 3.14. The van der Waals surface area contributed by atoms with Gasteiger partial charge in [0.15, 0.2) is 5.65 Å². The van der Waals surface area contributed by atoms with Crippen LogP contribution in [0.2, 0.25) is 0 Å². The fraction of sp³-hybridized carbons (Fsp3) is 0.208. The zero-order valence-corrected chi connectivity index (χ0v) is 16.4. The van der Waals surface area contributed by atoms with Gasteiger partial charge in [-0.1, -0.05) is 36.4 Å². The summed E-state index contributed by atoms with van der Waals surface area (Å²) in [5.41, 5.74) is 6.29. The van der Waals surface area contributed by atoms with Crippen molar-refractivity contribution in [1.29, 1.82) is 0 Å². The lowest BCUT2D eigenvalue weighted by Gasteiger charge is -2.10. The predicted molar refractivity (Wildman–Crippen MR) is 114 cm³/mol. The summed E-state index contributed by atoms with van der Waals surface area (Å²) in [6.45, 7) is 0. The molecule has 2 aliphatic carbocycles. The van der Waals surface area contributed by atoms with E-state index in [0.717, 1.165) is 23.1 Å². The number of fused-ring (bicyclic) bond motifs is 4. The van der Waals surface area contributed by atoms with Crippen molar-refractivity contribution in [3.63, 3.8) is 0 Å². The lowest BCUT2D eigenvalue weighted by Crippen LogP contribution is -2.28. The van der Waals surface area contributed by atoms with Crippen LogP contribution in [0.1, 0.15) is 27.4 Å². The van der Waals surface area contributed by atoms with Gasteiger partial charge in [0.1, 0.15) is 0 Å². The molecular weight excluding hydrogens is 376 g/mol. The van der Waals surface area contributed by atoms with E-state index in [1.54, 1.807) is 13.2 Å². The maximum Gasteiger partial charge on any atom is 0.327 e. The molecule has 2 heterocycles. The molecule has 0 aliphatic heterocycles. The van der Waals surface area contributed by atoms with Crippen molar-refractivity contribution in [2.75, 3.05) is 0 Å². The average molecular weight is 396 g/mol. The fourth-order valence-corrected chi connectivity index (χ4v) is 4.88. The van der Waals surface area contributed by atoms with Crippen LogP contribution in [0.25, 0.3) is 22.3 Å². The molecule has 0 radical (unpaired) electrons. The molecule has 6 heteroatoms. The van der Waals surface area contributed by atoms with Crippen LogP contribution in [-0.4, -0.2) is 26.5 Å². The highest BCUT2D eigenvalue weighted by molar-refractivity contribution is 5.96. The Kier molecular flexibility index (Phi) is 3.53. The van der Waals surface area contributed by atoms with Gasteiger partial charge in [-0.05, 0) is 47.2 Å². The van der Waals surface area contributed by atoms with Gasteiger partial charge in [-0.3, -0.25) is 14.3 Å². The Morgan fingerprint density at radius 3 is 2.90 bits per heavy atom. The molecular formula is C24H20N4O2. The number of nitrogens with one attached hydrogen (secondary N) is 2. The Bertz CT molecular complexity index is 1380. The summed E-state index contributed by atoms with van der Waals surface area (Å²) in [6, 6.07) is 18.2. The first kappa shape index (κ1) is 17.2. The fourth-order valence-electron chi connectivity index (χ4n) is 4.88. The van der Waals surface area contributed by atoms with E-state index >= 15 is 0 Å². The Morgan fingerprint density at radius 1 is 1.13 bits per heavy atom. The third-order valence-corrected chi connectivity index (χ3v) is 6.55. The van der Waals surface area contributed by atoms with Gasteiger partial charge in [0.05, 0.1) is 5.52 Å². The molecule has 2 aromatic carbocycles. The summed E-state index contributed by atoms with van der Waals surface area (Å²) in [6.07, 6.45) is 2.77. The van der Waals surface area contributed by atoms with Gasteiger partial charge < -0.3 is 5.32 Å². The zero-order chi connectivity index (χ0) is 20.4. The summed E-state index contributed by atoms with van der Waals surface area (Å²) in [5.74, 6) is 0.933. The monoisotopic (exact) mass is 396 g/mol. The second kappa shape index (κ2) is 6.16. The molecule has 3 atom stereocenters. The van der Waals surface area contributed by atoms with Crippen LogP contribution in [0.3, 0.4) is 0 Å². The molecule has 0 unspecified atom stereocenters. The molecule has 1 fully saturated rings. The number of pyridine rings is 1. The van der Waals surface area contributed by atoms with E-state index < -0.39 is 0 Å². The molecule has 2 aromatic heterocycles. The van der Waals surface area contributed by atoms with Crippen molar-refractivity contribution in [3.05, 3.63) is 88.0 Å². The first-order valence-electron chi connectivity index (χ1n) is 10.1. The van der Waals surface area contributed by atoms with Gasteiger partial charge in [0.2, 0.25) is 0 Å². The van der Waals surface area contributed by atoms with E-state index in [-0.39, 0.29) is 17.6 Å². The molecule has 4 aromatic rings. The number of H-pyrrole nitrogens is 1. The Labute approximate surface area is 172 Å². The second-order valence-electron chi connectivity index (χ2n) is 8.25. The van der Waals surface area contributed by atoms with Gasteiger partial charge in [-0.25, -0.2) is 9.78 Å². The molecule has 2 N–H and O–H groups in total. The Hall–Kier alpha value is -3.67. The number of rotatable bonds is 3. The predicted octanol–water partition coefficient (Wildman–Crippen LogP) is 3.00. The molecule has 0 bridgehead atoms. The van der Waals surface area contributed by atoms with Crippen LogP contribution in [0.5, 0.6) is 0 Å². The smallest absolute Gasteiger partial charge is 0.327 e. The standard InChI is InChI=1S/C24H20N4O2/c1-28-19-11-16(12-25-22(19)27-24(28)30)13-6-4-7-15(9-13)23(29)26-21-18-10-14-5-2-3-8-17(14)20(18)21/h2-9,11-12,18,20-21H,10H2,1H3,(H,26,29)(H,25,27,30)/t18-,20+,21-/m1/s1. The third-order valence-electron chi connectivity index (χ3n) is 6.55. The third kappa shape index (κ3) is 2.53. The number of aromatic nitrogens is 3. The molecule has 2 aliphatic rings. The Balaban J connectivity index is 1.25. The van der Waals surface area contributed by atoms with Crippen molar-refractivity contribution in [2.24, 2.45) is 13.0 Å². The summed E-state index contributed by atoms with van der Waals surface area (Å²) in [5, 5.41) is 3.23. The van der Waals surface area contributed by atoms with Crippen molar-refractivity contribution in [2.45, 2.75) is 18.4 Å². The number of carbonyl (C=O) groups is 1. The van der Waals surface area contributed by atoms with Crippen LogP contribution < -0.4 is 11.0 Å². The highest BCUT2D eigenvalue weighted by atomic mass is 16.2. The minimum Gasteiger partial charge on any atom is -0.348 e. The van der Waals surface area contributed by atoms with Crippen LogP contribution in [0, 0.1) is 5.92 Å². The Morgan fingerprint density at radius 2 is 2.00 bits per heavy atom. The summed E-state index contributed by atoms with van der Waals surface area (Å²) < 4.78 is 1.53. The summed E-state index contributed by atoms with van der Waals surface area (Å²) in [7, 11) is 1.71. The number of aromatic amines is 1. The maximum atomic E-state index is 12.9. The van der Waals surface area contributed by atoms with Crippen molar-refractivity contribution in [1.82, 2.24) is 19.9 Å². The number of imidazole rings is 1. The van der Waals surface area contributed by atoms with Gasteiger partial charge in [0.25, 0.3) is 5.91 Å². The van der Waals surface area contributed by atoms with Gasteiger partial charge in [-0.2, -0.15) is 0 Å². The lowest BCUT2D eigenvalue weighted by atomic mass is 10.0. The van der Waals surface area contributed by atoms with Gasteiger partial charge in [-0.15, -0.1) is 0 Å². The summed E-state index contributed by atoms with van der Waals surface area (Å²) in [4.78, 5) is 31.8. The highest BCUT2D eigenvalue weighted by Gasteiger charge is 2.56. The van der Waals surface area contributed by atoms with E-state index in [0.29, 0.717) is 23.0 Å². The molecule has 148 valence electrons. The van der Waals surface area contributed by atoms with E-state index in [1.165, 1.54) is 15.7 Å². The molecule has 30 heavy (non-hydrogen) atoms. The topological polar surface area (TPSA) is 79.8 Å². The van der Waals surface area contributed by atoms with Crippen molar-refractivity contribution in [3.8, 4) is 11.1 Å². The zero-order valence-electron chi connectivity index (χ0n) is 16.4. The maximum absolute atomic E-state index is 12.9. The number of nitrogens with zero attached hydrogens (tertiary/aromatic N) is 2. The first-order valence-corrected chi connectivity index (χ1v) is 10.1. The van der Waals surface area contributed by atoms with Crippen LogP contribution in [-0.2, 0) is 13.5 Å². The first-order chi connectivity index (χ1) is 14.6. The minimum absolute atomic E-state index is 0.0446. The number of amides is 1. The van der Waals surface area contributed by atoms with E-state index in [2.05, 4.69) is 39.6 Å². The summed E-state index contributed by atoms with van der Waals surface area (Å²) >= 11 is 0. The SMILES string of the molecule is Cn1c(=O)[nH]c2ncc(-c3cccc(C(=O)N[C@@H]4[C@@H]5Cc6ccccc6[C@@H]54)c3)cc21. The molecule has 1 saturated carbocycles. The molecule has 1 amide bonds. The van der Waals surface area contributed by atoms with Crippen molar-refractivity contribution < 1.29 is 4.79 Å². The van der Waals surface area contributed by atoms with Crippen LogP contribution in [0.15, 0.2) is 65.6 Å². The number of hydrogen-bond acceptors (Lipinski definition) is 3. The van der Waals surface area contributed by atoms with Gasteiger partial charge in [0, 0.05) is 36.3 Å². The normalized spacial score (nSPS) is 21.3. The van der Waals surface area contributed by atoms with Crippen LogP contribution >= 0.6 is 0 Å². The van der Waals surface area contributed by atoms with E-state index in [4.69, 9.17) is 0 Å². The molecule has 6 nitrogen and oxygen atoms in total. The van der Waals surface area contributed by atoms with E-state index in [1.807, 2.05) is 30.3 Å². The number of carbonyl (C=O) groups excluding carboxylic acids is 1. The molecule has 0 saturated heterocycles. The second-order valence-corrected chi connectivity index (χ2v) is 8.25.